The second kappa shape index (κ2) is 9.11. The number of aromatic nitrogens is 3. The van der Waals surface area contributed by atoms with Gasteiger partial charge in [0.05, 0.1) is 6.20 Å². The average molecular weight is 514 g/mol. The first-order valence-electron chi connectivity index (χ1n) is 7.32. The molecule has 0 saturated heterocycles. The van der Waals surface area contributed by atoms with Gasteiger partial charge < -0.3 is 14.4 Å². The Balaban J connectivity index is 0.000000175. The number of imidazole rings is 1. The van der Waals surface area contributed by atoms with E-state index in [1.54, 1.807) is 24.8 Å². The summed E-state index contributed by atoms with van der Waals surface area (Å²) in [7, 11) is 1.93. The zero-order chi connectivity index (χ0) is 16.8. The fraction of sp³-hybridized carbons (Fsp3) is 0.0556. The number of hydrogen-bond acceptors (Lipinski definition) is 4. The normalized spacial score (nSPS) is 12.4. The molecule has 3 heterocycles. The molecule has 0 spiro atoms. The van der Waals surface area contributed by atoms with Crippen LogP contribution in [0, 0.1) is 18.6 Å². The smallest absolute Gasteiger partial charge is 0.510 e. The number of hydrogen-bond donors (Lipinski definition) is 0. The van der Waals surface area contributed by atoms with Crippen LogP contribution in [0.25, 0.3) is 5.82 Å². The van der Waals surface area contributed by atoms with Gasteiger partial charge in [-0.1, -0.05) is 6.07 Å². The summed E-state index contributed by atoms with van der Waals surface area (Å²) in [4.78, 5) is 11.9. The van der Waals surface area contributed by atoms with E-state index < -0.39 is 0 Å². The van der Waals surface area contributed by atoms with Crippen LogP contribution in [0.2, 0.25) is 0 Å². The van der Waals surface area contributed by atoms with Crippen molar-refractivity contribution in [2.45, 2.75) is 0 Å². The van der Waals surface area contributed by atoms with E-state index in [0.717, 1.165) is 11.5 Å². The van der Waals surface area contributed by atoms with Gasteiger partial charge in [0.25, 0.3) is 0 Å². The molecule has 3 aromatic rings. The molecule has 0 fully saturated rings. The summed E-state index contributed by atoms with van der Waals surface area (Å²) >= 11 is 0. The summed E-state index contributed by atoms with van der Waals surface area (Å²) in [6, 6.07) is 13.1. The van der Waals surface area contributed by atoms with Gasteiger partial charge in [0, 0.05) is 12.0 Å². The first kappa shape index (κ1) is 18.8. The molecule has 1 aliphatic rings. The van der Waals surface area contributed by atoms with Gasteiger partial charge in [-0.05, 0) is 37.8 Å². The number of anilines is 1. The zero-order valence-electron chi connectivity index (χ0n) is 13.5. The van der Waals surface area contributed by atoms with E-state index >= 15 is 0 Å². The van der Waals surface area contributed by atoms with E-state index in [4.69, 9.17) is 0 Å². The second-order valence-corrected chi connectivity index (χ2v) is 5.04. The summed E-state index contributed by atoms with van der Waals surface area (Å²) in [5, 5.41) is 0. The van der Waals surface area contributed by atoms with Gasteiger partial charge in [-0.2, -0.15) is 17.7 Å². The molecule has 0 aliphatic carbocycles. The average Bonchev–Trinajstić information content (AvgIpc) is 3.29. The van der Waals surface area contributed by atoms with Crippen molar-refractivity contribution in [3.8, 4) is 5.82 Å². The van der Waals surface area contributed by atoms with Crippen molar-refractivity contribution >= 4 is 5.69 Å². The Bertz CT molecular complexity index is 775. The maximum atomic E-state index is 12.6. The molecule has 4 rings (SSSR count). The van der Waals surface area contributed by atoms with Crippen LogP contribution >= 0.6 is 0 Å². The molecule has 1 aliphatic heterocycles. The van der Waals surface area contributed by atoms with Crippen LogP contribution in [0.1, 0.15) is 0 Å². The molecule has 0 atom stereocenters. The summed E-state index contributed by atoms with van der Waals surface area (Å²) in [5.74, 6) is 0.630. The van der Waals surface area contributed by atoms with Crippen molar-refractivity contribution in [3.63, 3.8) is 0 Å². The van der Waals surface area contributed by atoms with Gasteiger partial charge in [-0.15, -0.1) is 23.9 Å². The molecule has 7 heteroatoms. The predicted octanol–water partition coefficient (Wildman–Crippen LogP) is 2.44. The zero-order valence-corrected chi connectivity index (χ0v) is 15.8. The minimum absolute atomic E-state index is 0. The standard InChI is InChI=1S/C10H9FN2.C8H7N3.Ir/c1-12-6-7-13(8-12)10-4-2-9(11)3-5-10;1-2-4-10-8(3-1)11-6-5-9-7-11;/h2-4,6-8H,1H3;1-7H;/q-2;;+3. The number of benzene rings is 1. The van der Waals surface area contributed by atoms with E-state index in [-0.39, 0.29) is 25.9 Å². The van der Waals surface area contributed by atoms with Crippen LogP contribution in [0.4, 0.5) is 10.1 Å². The van der Waals surface area contributed by atoms with Crippen molar-refractivity contribution in [3.05, 3.63) is 92.3 Å². The van der Waals surface area contributed by atoms with Gasteiger partial charge in [0.2, 0.25) is 0 Å². The van der Waals surface area contributed by atoms with Crippen LogP contribution in [-0.4, -0.2) is 21.9 Å². The largest absolute Gasteiger partial charge is 3.00 e. The summed E-state index contributed by atoms with van der Waals surface area (Å²) in [6.45, 7) is 1.89. The number of rotatable bonds is 2. The molecule has 0 unspecified atom stereocenters. The van der Waals surface area contributed by atoms with E-state index in [9.17, 15) is 4.39 Å². The Kier molecular flexibility index (Phi) is 6.86. The second-order valence-electron chi connectivity index (χ2n) is 5.04. The fourth-order valence-corrected chi connectivity index (χ4v) is 2.05. The third kappa shape index (κ3) is 5.24. The van der Waals surface area contributed by atoms with Gasteiger partial charge >= 0.3 is 20.1 Å². The van der Waals surface area contributed by atoms with E-state index in [2.05, 4.69) is 16.0 Å². The molecule has 0 saturated carbocycles. The first-order chi connectivity index (χ1) is 11.7. The maximum Gasteiger partial charge on any atom is 3.00 e. The van der Waals surface area contributed by atoms with Gasteiger partial charge in [-0.25, -0.2) is 4.98 Å². The van der Waals surface area contributed by atoms with E-state index in [1.807, 2.05) is 64.9 Å². The molecule has 0 N–H and O–H groups in total. The molecule has 2 aromatic heterocycles. The van der Waals surface area contributed by atoms with Crippen LogP contribution in [-0.2, 0) is 20.1 Å². The van der Waals surface area contributed by atoms with Crippen molar-refractivity contribution in [1.29, 1.82) is 0 Å². The Morgan fingerprint density at radius 1 is 1.16 bits per heavy atom. The quantitative estimate of drug-likeness (QED) is 0.390. The Morgan fingerprint density at radius 2 is 2.04 bits per heavy atom. The third-order valence-electron chi connectivity index (χ3n) is 3.22. The fourth-order valence-electron chi connectivity index (χ4n) is 2.05. The van der Waals surface area contributed by atoms with Crippen molar-refractivity contribution in [2.24, 2.45) is 0 Å². The molecule has 25 heavy (non-hydrogen) atoms. The third-order valence-corrected chi connectivity index (χ3v) is 3.22. The molecule has 1 aromatic carbocycles. The van der Waals surface area contributed by atoms with Crippen molar-refractivity contribution < 1.29 is 29.1 Å². The molecule has 5 nitrogen and oxygen atoms in total. The van der Waals surface area contributed by atoms with Crippen LogP contribution in [0.15, 0.2) is 73.7 Å². The van der Waals surface area contributed by atoms with Crippen LogP contribution in [0.5, 0.6) is 0 Å². The summed E-state index contributed by atoms with van der Waals surface area (Å²) < 4.78 is 14.4. The van der Waals surface area contributed by atoms with Crippen LogP contribution in [0.3, 0.4) is 0 Å². The van der Waals surface area contributed by atoms with Crippen molar-refractivity contribution in [2.75, 3.05) is 11.9 Å². The minimum atomic E-state index is -0.264. The molecule has 128 valence electrons. The monoisotopic (exact) mass is 514 g/mol. The molecular weight excluding hydrogens is 497 g/mol. The van der Waals surface area contributed by atoms with E-state index in [1.165, 1.54) is 12.1 Å². The van der Waals surface area contributed by atoms with Gasteiger partial charge in [-0.3, -0.25) is 4.39 Å². The minimum Gasteiger partial charge on any atom is -0.510 e. The number of nitrogens with zero attached hydrogens (tertiary/aromatic N) is 5. The summed E-state index contributed by atoms with van der Waals surface area (Å²) in [6.07, 6.45) is 10.9. The predicted molar refractivity (Wildman–Crippen MR) is 88.1 cm³/mol. The van der Waals surface area contributed by atoms with E-state index in [0.29, 0.717) is 0 Å². The molecule has 0 amide bonds. The molecule has 0 bridgehead atoms. The Hall–Kier alpha value is -2.50. The Morgan fingerprint density at radius 3 is 2.60 bits per heavy atom. The van der Waals surface area contributed by atoms with Gasteiger partial charge in [0.15, 0.2) is 5.82 Å². The van der Waals surface area contributed by atoms with Gasteiger partial charge in [0.1, 0.15) is 6.33 Å². The number of pyridine rings is 1. The molecule has 0 radical (unpaired) electrons. The first-order valence-corrected chi connectivity index (χ1v) is 7.32. The topological polar surface area (TPSA) is 36.1 Å². The number of halogens is 1. The SMILES string of the molecule is CN1C=CN(c2[c-]cc(F)cc2)[CH-]1.[Ir+3].c1ccc(-[n+]2ccn[cH-]2)nc1. The maximum absolute atomic E-state index is 12.6. The van der Waals surface area contributed by atoms with Crippen molar-refractivity contribution in [1.82, 2.24) is 14.9 Å². The van der Waals surface area contributed by atoms with Crippen LogP contribution < -0.4 is 9.47 Å². The molecular formula is C18H16FIrN5+. The summed E-state index contributed by atoms with van der Waals surface area (Å²) in [5.41, 5.74) is 0.835. The Labute approximate surface area is 159 Å².